The van der Waals surface area contributed by atoms with Gasteiger partial charge in [-0.15, -0.1) is 0 Å². The molecule has 94 valence electrons. The zero-order valence-electron chi connectivity index (χ0n) is 10.6. The molecule has 0 spiro atoms. The highest BCUT2D eigenvalue weighted by atomic mass is 32.2. The molecule has 2 rings (SSSR count). The molecule has 0 aliphatic rings. The molecule has 0 aliphatic carbocycles. The molecule has 0 heterocycles. The highest BCUT2D eigenvalue weighted by Gasteiger charge is 2.09. The molecular formula is C15H17NOS. The zero-order valence-corrected chi connectivity index (χ0v) is 11.5. The fourth-order valence-corrected chi connectivity index (χ4v) is 2.96. The number of aryl methyl sites for hydroxylation is 1. The van der Waals surface area contributed by atoms with Crippen LogP contribution in [0.15, 0.2) is 52.3 Å². The van der Waals surface area contributed by atoms with Crippen LogP contribution in [0.5, 0.6) is 5.75 Å². The number of methoxy groups -OCH3 is 1. The summed E-state index contributed by atoms with van der Waals surface area (Å²) in [5.74, 6) is 0.897. The van der Waals surface area contributed by atoms with Crippen LogP contribution in [-0.4, -0.2) is 7.11 Å². The number of rotatable bonds is 4. The number of hydrogen-bond donors (Lipinski definition) is 1. The van der Waals surface area contributed by atoms with Crippen molar-refractivity contribution < 1.29 is 4.74 Å². The Kier molecular flexibility index (Phi) is 4.28. The molecule has 0 amide bonds. The van der Waals surface area contributed by atoms with Crippen LogP contribution in [0.3, 0.4) is 0 Å². The molecule has 0 saturated carbocycles. The van der Waals surface area contributed by atoms with E-state index in [0.717, 1.165) is 10.6 Å². The summed E-state index contributed by atoms with van der Waals surface area (Å²) in [6.45, 7) is 2.66. The van der Waals surface area contributed by atoms with E-state index in [-0.39, 0.29) is 0 Å². The summed E-state index contributed by atoms with van der Waals surface area (Å²) in [6.07, 6.45) is 0. The van der Waals surface area contributed by atoms with Crippen molar-refractivity contribution in [3.8, 4) is 5.75 Å². The van der Waals surface area contributed by atoms with Crippen LogP contribution >= 0.6 is 11.8 Å². The average Bonchev–Trinajstić information content (AvgIpc) is 2.41. The molecule has 0 aromatic heterocycles. The van der Waals surface area contributed by atoms with E-state index in [2.05, 4.69) is 25.1 Å². The van der Waals surface area contributed by atoms with Crippen LogP contribution < -0.4 is 10.5 Å². The molecule has 0 saturated heterocycles. The molecule has 0 radical (unpaired) electrons. The van der Waals surface area contributed by atoms with Gasteiger partial charge in [0.2, 0.25) is 0 Å². The standard InChI is InChI=1S/C15H17NOS/c1-11-6-5-7-12(10-16)15(11)18-14-9-4-3-8-13(14)17-2/h3-9H,10,16H2,1-2H3. The van der Waals surface area contributed by atoms with Crippen molar-refractivity contribution in [2.24, 2.45) is 5.73 Å². The first-order chi connectivity index (χ1) is 8.76. The highest BCUT2D eigenvalue weighted by Crippen LogP contribution is 2.37. The predicted molar refractivity (Wildman–Crippen MR) is 76.2 cm³/mol. The van der Waals surface area contributed by atoms with E-state index < -0.39 is 0 Å². The lowest BCUT2D eigenvalue weighted by atomic mass is 10.1. The van der Waals surface area contributed by atoms with Crippen LogP contribution in [0.1, 0.15) is 11.1 Å². The molecular weight excluding hydrogens is 242 g/mol. The summed E-state index contributed by atoms with van der Waals surface area (Å²) < 4.78 is 5.38. The molecule has 2 N–H and O–H groups in total. The number of nitrogens with two attached hydrogens (primary N) is 1. The summed E-state index contributed by atoms with van der Waals surface area (Å²) in [6, 6.07) is 14.3. The first kappa shape index (κ1) is 13.0. The van der Waals surface area contributed by atoms with E-state index in [4.69, 9.17) is 10.5 Å². The molecule has 2 aromatic rings. The molecule has 0 atom stereocenters. The van der Waals surface area contributed by atoms with Gasteiger partial charge in [0.05, 0.1) is 12.0 Å². The third kappa shape index (κ3) is 2.68. The van der Waals surface area contributed by atoms with Crippen molar-refractivity contribution in [2.45, 2.75) is 23.3 Å². The third-order valence-electron chi connectivity index (χ3n) is 2.79. The third-order valence-corrected chi connectivity index (χ3v) is 4.14. The molecule has 0 bridgehead atoms. The van der Waals surface area contributed by atoms with Crippen LogP contribution in [0.25, 0.3) is 0 Å². The Morgan fingerprint density at radius 3 is 2.61 bits per heavy atom. The van der Waals surface area contributed by atoms with Crippen molar-refractivity contribution in [1.29, 1.82) is 0 Å². The van der Waals surface area contributed by atoms with Crippen molar-refractivity contribution in [2.75, 3.05) is 7.11 Å². The molecule has 2 aromatic carbocycles. The fourth-order valence-electron chi connectivity index (χ4n) is 1.83. The Morgan fingerprint density at radius 1 is 1.11 bits per heavy atom. The average molecular weight is 259 g/mol. The number of benzene rings is 2. The molecule has 3 heteroatoms. The summed E-state index contributed by atoms with van der Waals surface area (Å²) in [7, 11) is 1.70. The molecule has 2 nitrogen and oxygen atoms in total. The van der Waals surface area contributed by atoms with Gasteiger partial charge in [-0.25, -0.2) is 0 Å². The summed E-state index contributed by atoms with van der Waals surface area (Å²) in [5.41, 5.74) is 8.22. The topological polar surface area (TPSA) is 35.2 Å². The van der Waals surface area contributed by atoms with Crippen molar-refractivity contribution in [1.82, 2.24) is 0 Å². The summed E-state index contributed by atoms with van der Waals surface area (Å²) >= 11 is 1.71. The maximum atomic E-state index is 5.80. The van der Waals surface area contributed by atoms with Gasteiger partial charge in [0.1, 0.15) is 5.75 Å². The van der Waals surface area contributed by atoms with Gasteiger partial charge in [0, 0.05) is 11.4 Å². The normalized spacial score (nSPS) is 10.4. The van der Waals surface area contributed by atoms with Gasteiger partial charge in [-0.2, -0.15) is 0 Å². The van der Waals surface area contributed by atoms with Gasteiger partial charge in [-0.05, 0) is 30.2 Å². The number of hydrogen-bond acceptors (Lipinski definition) is 3. The van der Waals surface area contributed by atoms with Crippen molar-refractivity contribution >= 4 is 11.8 Å². The van der Waals surface area contributed by atoms with Gasteiger partial charge in [0.25, 0.3) is 0 Å². The Morgan fingerprint density at radius 2 is 1.89 bits per heavy atom. The monoisotopic (exact) mass is 259 g/mol. The molecule has 0 aliphatic heterocycles. The minimum absolute atomic E-state index is 0.555. The van der Waals surface area contributed by atoms with Gasteiger partial charge in [-0.1, -0.05) is 42.1 Å². The SMILES string of the molecule is COc1ccccc1Sc1c(C)cccc1CN. The predicted octanol–water partition coefficient (Wildman–Crippen LogP) is 3.61. The van der Waals surface area contributed by atoms with Gasteiger partial charge < -0.3 is 10.5 Å². The van der Waals surface area contributed by atoms with E-state index in [1.807, 2.05) is 24.3 Å². The second-order valence-electron chi connectivity index (χ2n) is 4.02. The van der Waals surface area contributed by atoms with Crippen LogP contribution in [0.2, 0.25) is 0 Å². The minimum Gasteiger partial charge on any atom is -0.496 e. The summed E-state index contributed by atoms with van der Waals surface area (Å²) in [5, 5.41) is 0. The van der Waals surface area contributed by atoms with Gasteiger partial charge in [0.15, 0.2) is 0 Å². The second-order valence-corrected chi connectivity index (χ2v) is 5.07. The van der Waals surface area contributed by atoms with E-state index in [9.17, 15) is 0 Å². The zero-order chi connectivity index (χ0) is 13.0. The maximum Gasteiger partial charge on any atom is 0.132 e. The van der Waals surface area contributed by atoms with E-state index in [1.54, 1.807) is 18.9 Å². The lowest BCUT2D eigenvalue weighted by Gasteiger charge is -2.12. The lowest BCUT2D eigenvalue weighted by molar-refractivity contribution is 0.405. The largest absolute Gasteiger partial charge is 0.496 e. The van der Waals surface area contributed by atoms with Gasteiger partial charge >= 0.3 is 0 Å². The quantitative estimate of drug-likeness (QED) is 0.911. The van der Waals surface area contributed by atoms with Crippen molar-refractivity contribution in [3.05, 3.63) is 53.6 Å². The number of para-hydroxylation sites is 1. The fraction of sp³-hybridized carbons (Fsp3) is 0.200. The van der Waals surface area contributed by atoms with Crippen LogP contribution in [-0.2, 0) is 6.54 Å². The van der Waals surface area contributed by atoms with E-state index in [0.29, 0.717) is 6.54 Å². The van der Waals surface area contributed by atoms with E-state index in [1.165, 1.54) is 16.0 Å². The lowest BCUT2D eigenvalue weighted by Crippen LogP contribution is -1.99. The van der Waals surface area contributed by atoms with Crippen molar-refractivity contribution in [3.63, 3.8) is 0 Å². The molecule has 18 heavy (non-hydrogen) atoms. The Bertz CT molecular complexity index is 540. The first-order valence-corrected chi connectivity index (χ1v) is 6.67. The maximum absolute atomic E-state index is 5.80. The second kappa shape index (κ2) is 5.94. The molecule has 0 fully saturated rings. The molecule has 0 unspecified atom stereocenters. The van der Waals surface area contributed by atoms with Crippen LogP contribution in [0, 0.1) is 6.92 Å². The highest BCUT2D eigenvalue weighted by molar-refractivity contribution is 7.99. The minimum atomic E-state index is 0.555. The Labute approximate surface area is 112 Å². The Balaban J connectivity index is 2.39. The Hall–Kier alpha value is -1.45. The number of ether oxygens (including phenoxy) is 1. The van der Waals surface area contributed by atoms with E-state index >= 15 is 0 Å². The van der Waals surface area contributed by atoms with Gasteiger partial charge in [-0.3, -0.25) is 0 Å². The first-order valence-electron chi connectivity index (χ1n) is 5.85. The van der Waals surface area contributed by atoms with Crippen LogP contribution in [0.4, 0.5) is 0 Å². The smallest absolute Gasteiger partial charge is 0.132 e. The summed E-state index contributed by atoms with van der Waals surface area (Å²) in [4.78, 5) is 2.34.